The summed E-state index contributed by atoms with van der Waals surface area (Å²) in [6, 6.07) is 21.3. The van der Waals surface area contributed by atoms with Crippen LogP contribution in [0.25, 0.3) is 0 Å². The summed E-state index contributed by atoms with van der Waals surface area (Å²) in [7, 11) is 1.78. The maximum Gasteiger partial charge on any atom is 0.228 e. The van der Waals surface area contributed by atoms with E-state index in [9.17, 15) is 0 Å². The van der Waals surface area contributed by atoms with Crippen molar-refractivity contribution < 1.29 is 4.52 Å². The SMILES string of the molecule is CN=C(NCCc1nc(C)no1)NCCC(c1ccccc1)c1ccccc1. The molecular formula is C22H27N5O. The lowest BCUT2D eigenvalue weighted by atomic mass is 9.88. The predicted molar refractivity (Wildman–Crippen MR) is 111 cm³/mol. The number of aryl methyl sites for hydroxylation is 1. The molecular weight excluding hydrogens is 350 g/mol. The first-order valence-corrected chi connectivity index (χ1v) is 9.60. The Kier molecular flexibility index (Phi) is 7.18. The Labute approximate surface area is 166 Å². The molecule has 0 radical (unpaired) electrons. The molecule has 6 nitrogen and oxygen atoms in total. The molecule has 0 aliphatic carbocycles. The van der Waals surface area contributed by atoms with Gasteiger partial charge in [0, 0.05) is 32.5 Å². The molecule has 0 atom stereocenters. The van der Waals surface area contributed by atoms with Gasteiger partial charge >= 0.3 is 0 Å². The number of rotatable bonds is 8. The Morgan fingerprint density at radius 2 is 1.57 bits per heavy atom. The molecule has 0 saturated heterocycles. The van der Waals surface area contributed by atoms with Crippen LogP contribution in [0.1, 0.15) is 35.2 Å². The summed E-state index contributed by atoms with van der Waals surface area (Å²) < 4.78 is 5.13. The van der Waals surface area contributed by atoms with Crippen LogP contribution < -0.4 is 10.6 Å². The fraction of sp³-hybridized carbons (Fsp3) is 0.318. The highest BCUT2D eigenvalue weighted by Crippen LogP contribution is 2.27. The Bertz CT molecular complexity index is 821. The summed E-state index contributed by atoms with van der Waals surface area (Å²) in [6.45, 7) is 3.31. The first-order valence-electron chi connectivity index (χ1n) is 9.60. The lowest BCUT2D eigenvalue weighted by Gasteiger charge is -2.19. The molecule has 146 valence electrons. The van der Waals surface area contributed by atoms with Gasteiger partial charge in [0.15, 0.2) is 11.8 Å². The largest absolute Gasteiger partial charge is 0.356 e. The van der Waals surface area contributed by atoms with Crippen LogP contribution in [0, 0.1) is 6.92 Å². The molecule has 1 heterocycles. The van der Waals surface area contributed by atoms with Crippen molar-refractivity contribution in [3.8, 4) is 0 Å². The van der Waals surface area contributed by atoms with E-state index in [4.69, 9.17) is 4.52 Å². The minimum absolute atomic E-state index is 0.342. The lowest BCUT2D eigenvalue weighted by Crippen LogP contribution is -2.39. The normalized spacial score (nSPS) is 11.6. The molecule has 6 heteroatoms. The van der Waals surface area contributed by atoms with E-state index in [1.165, 1.54) is 11.1 Å². The van der Waals surface area contributed by atoms with Crippen molar-refractivity contribution >= 4 is 5.96 Å². The van der Waals surface area contributed by atoms with Gasteiger partial charge in [-0.3, -0.25) is 4.99 Å². The first-order chi connectivity index (χ1) is 13.8. The maximum atomic E-state index is 5.13. The van der Waals surface area contributed by atoms with Crippen molar-refractivity contribution in [1.82, 2.24) is 20.8 Å². The zero-order valence-corrected chi connectivity index (χ0v) is 16.4. The molecule has 28 heavy (non-hydrogen) atoms. The summed E-state index contributed by atoms with van der Waals surface area (Å²) in [5, 5.41) is 10.5. The smallest absolute Gasteiger partial charge is 0.228 e. The topological polar surface area (TPSA) is 75.3 Å². The lowest BCUT2D eigenvalue weighted by molar-refractivity contribution is 0.374. The van der Waals surface area contributed by atoms with E-state index in [0.717, 1.165) is 18.9 Å². The second-order valence-corrected chi connectivity index (χ2v) is 6.57. The second-order valence-electron chi connectivity index (χ2n) is 6.57. The minimum atomic E-state index is 0.342. The van der Waals surface area contributed by atoms with Crippen LogP contribution in [0.2, 0.25) is 0 Å². The van der Waals surface area contributed by atoms with E-state index in [0.29, 0.717) is 30.6 Å². The fourth-order valence-corrected chi connectivity index (χ4v) is 3.18. The van der Waals surface area contributed by atoms with E-state index in [1.54, 1.807) is 7.05 Å². The minimum Gasteiger partial charge on any atom is -0.356 e. The number of aliphatic imine (C=N–C) groups is 1. The van der Waals surface area contributed by atoms with Gasteiger partial charge in [-0.15, -0.1) is 0 Å². The summed E-state index contributed by atoms with van der Waals surface area (Å²) in [5.74, 6) is 2.41. The number of benzene rings is 2. The molecule has 0 unspecified atom stereocenters. The third-order valence-electron chi connectivity index (χ3n) is 4.55. The molecule has 0 amide bonds. The highest BCUT2D eigenvalue weighted by molar-refractivity contribution is 5.79. The van der Waals surface area contributed by atoms with Gasteiger partial charge < -0.3 is 15.2 Å². The van der Waals surface area contributed by atoms with Crippen molar-refractivity contribution in [2.45, 2.75) is 25.7 Å². The van der Waals surface area contributed by atoms with Gasteiger partial charge in [-0.2, -0.15) is 4.98 Å². The van der Waals surface area contributed by atoms with Crippen molar-refractivity contribution in [3.63, 3.8) is 0 Å². The highest BCUT2D eigenvalue weighted by atomic mass is 16.5. The van der Waals surface area contributed by atoms with Crippen molar-refractivity contribution in [3.05, 3.63) is 83.5 Å². The van der Waals surface area contributed by atoms with Crippen molar-refractivity contribution in [2.75, 3.05) is 20.1 Å². The number of hydrogen-bond donors (Lipinski definition) is 2. The third kappa shape index (κ3) is 5.67. The molecule has 0 saturated carbocycles. The van der Waals surface area contributed by atoms with E-state index in [2.05, 4.69) is 86.4 Å². The average molecular weight is 377 g/mol. The van der Waals surface area contributed by atoms with Gasteiger partial charge in [-0.05, 0) is 24.5 Å². The molecule has 3 rings (SSSR count). The Balaban J connectivity index is 1.52. The van der Waals surface area contributed by atoms with Crippen LogP contribution in [0.15, 0.2) is 70.2 Å². The Hall–Kier alpha value is -3.15. The summed E-state index contributed by atoms with van der Waals surface area (Å²) >= 11 is 0. The molecule has 0 aliphatic heterocycles. The Morgan fingerprint density at radius 1 is 0.964 bits per heavy atom. The molecule has 2 aromatic carbocycles. The number of guanidine groups is 1. The van der Waals surface area contributed by atoms with Crippen LogP contribution in [-0.2, 0) is 6.42 Å². The van der Waals surface area contributed by atoms with Crippen LogP contribution >= 0.6 is 0 Å². The first kappa shape index (κ1) is 19.6. The van der Waals surface area contributed by atoms with Gasteiger partial charge in [-0.1, -0.05) is 65.8 Å². The fourth-order valence-electron chi connectivity index (χ4n) is 3.18. The molecule has 2 N–H and O–H groups in total. The van der Waals surface area contributed by atoms with E-state index in [-0.39, 0.29) is 0 Å². The van der Waals surface area contributed by atoms with Gasteiger partial charge in [0.05, 0.1) is 0 Å². The van der Waals surface area contributed by atoms with Crippen LogP contribution in [0.3, 0.4) is 0 Å². The summed E-state index contributed by atoms with van der Waals surface area (Å²) in [5.41, 5.74) is 2.65. The average Bonchev–Trinajstić information content (AvgIpc) is 3.16. The molecule has 1 aromatic heterocycles. The third-order valence-corrected chi connectivity index (χ3v) is 4.55. The second kappa shape index (κ2) is 10.3. The molecule has 0 bridgehead atoms. The number of nitrogens with zero attached hydrogens (tertiary/aromatic N) is 3. The molecule has 3 aromatic rings. The number of aromatic nitrogens is 2. The number of nitrogens with one attached hydrogen (secondary N) is 2. The monoisotopic (exact) mass is 377 g/mol. The van der Waals surface area contributed by atoms with Crippen LogP contribution in [0.4, 0.5) is 0 Å². The van der Waals surface area contributed by atoms with E-state index in [1.807, 2.05) is 6.92 Å². The van der Waals surface area contributed by atoms with Crippen LogP contribution in [-0.4, -0.2) is 36.2 Å². The van der Waals surface area contributed by atoms with E-state index < -0.39 is 0 Å². The molecule has 0 fully saturated rings. The Morgan fingerprint density at radius 3 is 2.11 bits per heavy atom. The van der Waals surface area contributed by atoms with Gasteiger partial charge in [0.1, 0.15) is 0 Å². The van der Waals surface area contributed by atoms with Crippen molar-refractivity contribution in [2.24, 2.45) is 4.99 Å². The van der Waals surface area contributed by atoms with Crippen LogP contribution in [0.5, 0.6) is 0 Å². The summed E-state index contributed by atoms with van der Waals surface area (Å²) in [4.78, 5) is 8.50. The van der Waals surface area contributed by atoms with Gasteiger partial charge in [0.25, 0.3) is 0 Å². The van der Waals surface area contributed by atoms with Gasteiger partial charge in [-0.25, -0.2) is 0 Å². The quantitative estimate of drug-likeness (QED) is 0.465. The summed E-state index contributed by atoms with van der Waals surface area (Å²) in [6.07, 6.45) is 1.63. The molecule has 0 aliphatic rings. The van der Waals surface area contributed by atoms with E-state index >= 15 is 0 Å². The predicted octanol–water partition coefficient (Wildman–Crippen LogP) is 3.31. The van der Waals surface area contributed by atoms with Gasteiger partial charge in [0.2, 0.25) is 5.89 Å². The van der Waals surface area contributed by atoms with Crippen molar-refractivity contribution in [1.29, 1.82) is 0 Å². The highest BCUT2D eigenvalue weighted by Gasteiger charge is 2.13. The zero-order chi connectivity index (χ0) is 19.6. The number of hydrogen-bond acceptors (Lipinski definition) is 4. The standard InChI is InChI=1S/C22H27N5O/c1-17-26-21(28-27-17)14-16-25-22(23-2)24-15-13-20(18-9-5-3-6-10-18)19-11-7-4-8-12-19/h3-12,20H,13-16H2,1-2H3,(H2,23,24,25). The maximum absolute atomic E-state index is 5.13. The zero-order valence-electron chi connectivity index (χ0n) is 16.4. The molecule has 0 spiro atoms.